The predicted molar refractivity (Wildman–Crippen MR) is 142 cm³/mol. The predicted octanol–water partition coefficient (Wildman–Crippen LogP) is 2.45. The van der Waals surface area contributed by atoms with Crippen LogP contribution in [0.1, 0.15) is 56.8 Å². The number of nitrogens with zero attached hydrogens (tertiary/aromatic N) is 4. The van der Waals surface area contributed by atoms with E-state index in [1.165, 1.54) is 9.13 Å². The second kappa shape index (κ2) is 11.1. The summed E-state index contributed by atoms with van der Waals surface area (Å²) in [4.78, 5) is 58.5. The normalized spacial score (nSPS) is 15.1. The van der Waals surface area contributed by atoms with E-state index in [-0.39, 0.29) is 42.7 Å². The molecule has 2 fully saturated rings. The summed E-state index contributed by atoms with van der Waals surface area (Å²) >= 11 is 0. The molecule has 2 aliphatic carbocycles. The van der Waals surface area contributed by atoms with Crippen molar-refractivity contribution in [3.8, 4) is 5.75 Å². The quantitative estimate of drug-likeness (QED) is 0.255. The lowest BCUT2D eigenvalue weighted by molar-refractivity contribution is -0.157. The van der Waals surface area contributed by atoms with Gasteiger partial charge in [0.2, 0.25) is 5.92 Å². The number of ether oxygens (including phenoxy) is 3. The van der Waals surface area contributed by atoms with Crippen molar-refractivity contribution < 1.29 is 23.8 Å². The Morgan fingerprint density at radius 2 is 1.46 bits per heavy atom. The average molecular weight is 539 g/mol. The van der Waals surface area contributed by atoms with Crippen LogP contribution in [0.3, 0.4) is 0 Å². The smallest absolute Gasteiger partial charge is 0.332 e. The van der Waals surface area contributed by atoms with Crippen molar-refractivity contribution in [3.05, 3.63) is 56.5 Å². The van der Waals surface area contributed by atoms with E-state index in [0.29, 0.717) is 24.8 Å². The highest BCUT2D eigenvalue weighted by atomic mass is 16.6. The van der Waals surface area contributed by atoms with Gasteiger partial charge in [0.1, 0.15) is 11.6 Å². The van der Waals surface area contributed by atoms with Crippen LogP contribution in [0.4, 0.5) is 0 Å². The Labute approximate surface area is 225 Å². The summed E-state index contributed by atoms with van der Waals surface area (Å²) in [6, 6.07) is 7.25. The fraction of sp³-hybridized carbons (Fsp3) is 0.536. The number of hydrogen-bond donors (Lipinski definition) is 0. The van der Waals surface area contributed by atoms with Crippen LogP contribution in [0.2, 0.25) is 0 Å². The molecular formula is C28H34N4O7. The molecular weight excluding hydrogens is 504 g/mol. The van der Waals surface area contributed by atoms with Crippen molar-refractivity contribution in [1.29, 1.82) is 0 Å². The Kier molecular flexibility index (Phi) is 7.58. The van der Waals surface area contributed by atoms with Crippen LogP contribution < -0.4 is 16.0 Å². The minimum absolute atomic E-state index is 0.0166. The zero-order chi connectivity index (χ0) is 27.7. The van der Waals surface area contributed by atoms with Gasteiger partial charge in [-0.15, -0.1) is 0 Å². The third-order valence-corrected chi connectivity index (χ3v) is 7.22. The van der Waals surface area contributed by atoms with E-state index in [4.69, 9.17) is 14.2 Å². The Morgan fingerprint density at radius 1 is 0.897 bits per heavy atom. The van der Waals surface area contributed by atoms with Crippen molar-refractivity contribution in [1.82, 2.24) is 18.7 Å². The number of hydrogen-bond acceptors (Lipinski definition) is 8. The molecule has 1 aromatic carbocycles. The Morgan fingerprint density at radius 3 is 1.97 bits per heavy atom. The minimum atomic E-state index is -1.52. The first kappa shape index (κ1) is 26.7. The number of carbonyl (C=O) groups is 2. The van der Waals surface area contributed by atoms with E-state index in [0.717, 1.165) is 31.2 Å². The molecule has 11 nitrogen and oxygen atoms in total. The van der Waals surface area contributed by atoms with Crippen LogP contribution in [0.15, 0.2) is 33.9 Å². The molecule has 0 amide bonds. The van der Waals surface area contributed by atoms with E-state index in [1.54, 1.807) is 37.7 Å². The molecule has 0 atom stereocenters. The Balaban J connectivity index is 1.77. The molecule has 3 aromatic rings. The van der Waals surface area contributed by atoms with Gasteiger partial charge in [-0.05, 0) is 69.1 Å². The summed E-state index contributed by atoms with van der Waals surface area (Å²) in [6.45, 7) is 4.27. The van der Waals surface area contributed by atoms with E-state index in [9.17, 15) is 19.2 Å². The molecule has 11 heteroatoms. The summed E-state index contributed by atoms with van der Waals surface area (Å²) in [6.07, 6.45) is 3.92. The van der Waals surface area contributed by atoms with Crippen molar-refractivity contribution >= 4 is 23.1 Å². The molecule has 39 heavy (non-hydrogen) atoms. The summed E-state index contributed by atoms with van der Waals surface area (Å²) in [5.74, 6) is -1.88. The van der Waals surface area contributed by atoms with Gasteiger partial charge in [0.05, 0.1) is 20.3 Å². The Hall–Kier alpha value is -3.89. The zero-order valence-corrected chi connectivity index (χ0v) is 22.6. The number of imidazole rings is 1. The maximum atomic E-state index is 13.9. The van der Waals surface area contributed by atoms with Crippen molar-refractivity contribution in [3.63, 3.8) is 0 Å². The maximum Gasteiger partial charge on any atom is 0.332 e. The van der Waals surface area contributed by atoms with Crippen molar-refractivity contribution in [2.24, 2.45) is 11.8 Å². The first-order valence-electron chi connectivity index (χ1n) is 13.6. The number of fused-ring (bicyclic) bond motifs is 1. The first-order valence-corrected chi connectivity index (χ1v) is 13.6. The number of methoxy groups -OCH3 is 1. The van der Waals surface area contributed by atoms with Gasteiger partial charge in [-0.1, -0.05) is 12.1 Å². The number of benzene rings is 1. The van der Waals surface area contributed by atoms with Crippen LogP contribution in [0, 0.1) is 11.8 Å². The largest absolute Gasteiger partial charge is 0.497 e. The van der Waals surface area contributed by atoms with Gasteiger partial charge < -0.3 is 18.8 Å². The van der Waals surface area contributed by atoms with E-state index < -0.39 is 29.1 Å². The lowest BCUT2D eigenvalue weighted by atomic mass is 10.1. The number of carbonyl (C=O) groups excluding carboxylic acids is 2. The number of aromatic nitrogens is 4. The van der Waals surface area contributed by atoms with Crippen LogP contribution in [-0.2, 0) is 38.7 Å². The zero-order valence-electron chi connectivity index (χ0n) is 22.6. The molecule has 2 saturated carbocycles. The standard InChI is InChI=1S/C28H34N4O7/c1-4-38-26(34)21(27(35)39-5-2)23-29-24-22(30(23)14-19-10-12-20(37-3)13-11-19)25(33)32(16-18-8-9-18)28(36)31(24)15-17-6-7-17/h10-13,17-18,21H,4-9,14-16H2,1-3H3. The summed E-state index contributed by atoms with van der Waals surface area (Å²) in [7, 11) is 1.57. The SMILES string of the molecule is CCOC(=O)C(C(=O)OCC)c1nc2c(c(=O)n(CC3CC3)c(=O)n2CC2CC2)n1Cc1ccc(OC)cc1. The molecule has 0 radical (unpaired) electrons. The van der Waals surface area contributed by atoms with Gasteiger partial charge in [-0.25, -0.2) is 9.78 Å². The third-order valence-electron chi connectivity index (χ3n) is 7.22. The second-order valence-corrected chi connectivity index (χ2v) is 10.2. The van der Waals surface area contributed by atoms with E-state index in [1.807, 2.05) is 12.1 Å². The maximum absolute atomic E-state index is 13.9. The molecule has 0 spiro atoms. The first-order chi connectivity index (χ1) is 18.9. The highest BCUT2D eigenvalue weighted by molar-refractivity contribution is 6.00. The highest BCUT2D eigenvalue weighted by Gasteiger charge is 2.38. The number of rotatable bonds is 12. The summed E-state index contributed by atoms with van der Waals surface area (Å²) in [5.41, 5.74) is 0.255. The van der Waals surface area contributed by atoms with Crippen LogP contribution in [0.5, 0.6) is 5.75 Å². The van der Waals surface area contributed by atoms with Gasteiger partial charge in [0.25, 0.3) is 5.56 Å². The van der Waals surface area contributed by atoms with Gasteiger partial charge in [-0.2, -0.15) is 0 Å². The van der Waals surface area contributed by atoms with Gasteiger partial charge in [0, 0.05) is 19.6 Å². The second-order valence-electron chi connectivity index (χ2n) is 10.2. The lowest BCUT2D eigenvalue weighted by Crippen LogP contribution is -2.41. The molecule has 0 unspecified atom stereocenters. The van der Waals surface area contributed by atoms with Crippen LogP contribution in [-0.4, -0.2) is 50.9 Å². The van der Waals surface area contributed by atoms with Gasteiger partial charge >= 0.3 is 17.6 Å². The molecule has 0 aliphatic heterocycles. The minimum Gasteiger partial charge on any atom is -0.497 e. The lowest BCUT2D eigenvalue weighted by Gasteiger charge is -2.17. The third kappa shape index (κ3) is 5.48. The molecule has 0 bridgehead atoms. The fourth-order valence-electron chi connectivity index (χ4n) is 4.80. The monoisotopic (exact) mass is 538 g/mol. The molecule has 5 rings (SSSR count). The highest BCUT2D eigenvalue weighted by Crippen LogP contribution is 2.33. The van der Waals surface area contributed by atoms with E-state index in [2.05, 4.69) is 4.98 Å². The Bertz CT molecular complexity index is 1480. The molecule has 2 aliphatic rings. The topological polar surface area (TPSA) is 124 Å². The molecule has 208 valence electrons. The summed E-state index contributed by atoms with van der Waals surface area (Å²) < 4.78 is 20.2. The van der Waals surface area contributed by atoms with E-state index >= 15 is 0 Å². The molecule has 0 saturated heterocycles. The molecule has 2 heterocycles. The molecule has 0 N–H and O–H groups in total. The summed E-state index contributed by atoms with van der Waals surface area (Å²) in [5, 5.41) is 0. The van der Waals surface area contributed by atoms with Crippen LogP contribution >= 0.6 is 0 Å². The van der Waals surface area contributed by atoms with Crippen molar-refractivity contribution in [2.75, 3.05) is 20.3 Å². The van der Waals surface area contributed by atoms with Gasteiger partial charge in [-0.3, -0.25) is 23.5 Å². The van der Waals surface area contributed by atoms with Crippen molar-refractivity contribution in [2.45, 2.75) is 65.1 Å². The number of esters is 2. The van der Waals surface area contributed by atoms with Gasteiger partial charge in [0.15, 0.2) is 11.2 Å². The van der Waals surface area contributed by atoms with Crippen LogP contribution in [0.25, 0.3) is 11.2 Å². The molecule has 2 aromatic heterocycles. The fourth-order valence-corrected chi connectivity index (χ4v) is 4.80. The average Bonchev–Trinajstić information content (AvgIpc) is 3.85.